The molecule has 1 heterocycles. The van der Waals surface area contributed by atoms with Gasteiger partial charge in [0.2, 0.25) is 5.91 Å². The van der Waals surface area contributed by atoms with E-state index in [-0.39, 0.29) is 24.1 Å². The van der Waals surface area contributed by atoms with Crippen LogP contribution in [0.15, 0.2) is 24.3 Å². The van der Waals surface area contributed by atoms with Crippen molar-refractivity contribution in [2.45, 2.75) is 57.6 Å². The Labute approximate surface area is 148 Å². The summed E-state index contributed by atoms with van der Waals surface area (Å²) in [6, 6.07) is 7.07. The number of carbonyl (C=O) groups is 2. The molecule has 2 aliphatic rings. The maximum atomic E-state index is 12.2. The van der Waals surface area contributed by atoms with Crippen LogP contribution in [-0.4, -0.2) is 42.1 Å². The van der Waals surface area contributed by atoms with Crippen LogP contribution in [0.25, 0.3) is 0 Å². The molecule has 0 spiro atoms. The van der Waals surface area contributed by atoms with Gasteiger partial charge in [-0.3, -0.25) is 4.79 Å². The van der Waals surface area contributed by atoms with Gasteiger partial charge in [-0.1, -0.05) is 13.0 Å². The molecule has 0 bridgehead atoms. The molecule has 25 heavy (non-hydrogen) atoms. The molecule has 1 saturated carbocycles. The van der Waals surface area contributed by atoms with E-state index >= 15 is 0 Å². The Morgan fingerprint density at radius 3 is 2.88 bits per heavy atom. The van der Waals surface area contributed by atoms with Gasteiger partial charge in [0, 0.05) is 31.3 Å². The van der Waals surface area contributed by atoms with Crippen molar-refractivity contribution >= 4 is 17.6 Å². The van der Waals surface area contributed by atoms with Crippen molar-refractivity contribution in [3.05, 3.63) is 24.3 Å². The monoisotopic (exact) mass is 345 g/mol. The van der Waals surface area contributed by atoms with Crippen molar-refractivity contribution < 1.29 is 14.3 Å². The van der Waals surface area contributed by atoms with Gasteiger partial charge in [-0.2, -0.15) is 0 Å². The summed E-state index contributed by atoms with van der Waals surface area (Å²) in [6.07, 6.45) is 6.24. The summed E-state index contributed by atoms with van der Waals surface area (Å²) in [7, 11) is 0. The molecule has 3 amide bonds. The van der Waals surface area contributed by atoms with E-state index in [4.69, 9.17) is 4.74 Å². The zero-order valence-corrected chi connectivity index (χ0v) is 14.8. The minimum atomic E-state index is -0.283. The molecule has 1 aliphatic heterocycles. The molecule has 0 radical (unpaired) electrons. The second kappa shape index (κ2) is 8.23. The summed E-state index contributed by atoms with van der Waals surface area (Å²) < 4.78 is 5.96. The summed E-state index contributed by atoms with van der Waals surface area (Å²) in [5.74, 6) is 0.897. The Balaban J connectivity index is 1.50. The molecule has 0 aromatic heterocycles. The molecular formula is C19H27N3O3. The topological polar surface area (TPSA) is 70.7 Å². The fourth-order valence-corrected chi connectivity index (χ4v) is 3.55. The van der Waals surface area contributed by atoms with Gasteiger partial charge in [-0.05, 0) is 44.2 Å². The van der Waals surface area contributed by atoms with E-state index in [1.807, 2.05) is 31.2 Å². The smallest absolute Gasteiger partial charge is 0.319 e. The van der Waals surface area contributed by atoms with E-state index in [9.17, 15) is 9.59 Å². The number of ether oxygens (including phenoxy) is 1. The van der Waals surface area contributed by atoms with Crippen molar-refractivity contribution in [3.8, 4) is 5.75 Å². The molecule has 1 aliphatic carbocycles. The highest BCUT2D eigenvalue weighted by atomic mass is 16.5. The number of nitrogens with zero attached hydrogens (tertiary/aromatic N) is 1. The van der Waals surface area contributed by atoms with Gasteiger partial charge in [0.05, 0.1) is 12.1 Å². The first kappa shape index (κ1) is 17.6. The largest absolute Gasteiger partial charge is 0.490 e. The molecule has 2 fully saturated rings. The van der Waals surface area contributed by atoms with Crippen molar-refractivity contribution in [2.75, 3.05) is 18.4 Å². The van der Waals surface area contributed by atoms with Crippen molar-refractivity contribution in [2.24, 2.45) is 0 Å². The van der Waals surface area contributed by atoms with Gasteiger partial charge in [0.15, 0.2) is 0 Å². The van der Waals surface area contributed by atoms with Gasteiger partial charge in [-0.15, -0.1) is 0 Å². The minimum Gasteiger partial charge on any atom is -0.490 e. The lowest BCUT2D eigenvalue weighted by molar-refractivity contribution is -0.127. The van der Waals surface area contributed by atoms with Gasteiger partial charge < -0.3 is 20.3 Å². The highest BCUT2D eigenvalue weighted by molar-refractivity contribution is 5.90. The number of hydrogen-bond acceptors (Lipinski definition) is 3. The second-order valence-corrected chi connectivity index (χ2v) is 6.89. The normalized spacial score (nSPS) is 20.8. The standard InChI is InChI=1S/C19H27N3O3/c1-2-10-22-13-15(12-18(22)23)21-19(24)20-14-6-5-9-17(11-14)25-16-7-3-4-8-16/h5-6,9,11,15-16H,2-4,7-8,10,12-13H2,1H3,(H2,20,21,24)/t15-/m0/s1. The second-order valence-electron chi connectivity index (χ2n) is 6.89. The number of benzene rings is 1. The van der Waals surface area contributed by atoms with E-state index in [1.165, 1.54) is 12.8 Å². The Kier molecular flexibility index (Phi) is 5.79. The molecule has 1 aromatic rings. The molecule has 136 valence electrons. The van der Waals surface area contributed by atoms with Crippen LogP contribution in [-0.2, 0) is 4.79 Å². The average molecular weight is 345 g/mol. The van der Waals surface area contributed by atoms with Crippen LogP contribution in [0.5, 0.6) is 5.75 Å². The molecule has 3 rings (SSSR count). The molecule has 1 atom stereocenters. The molecule has 6 nitrogen and oxygen atoms in total. The zero-order chi connectivity index (χ0) is 17.6. The summed E-state index contributed by atoms with van der Waals surface area (Å²) in [4.78, 5) is 25.9. The van der Waals surface area contributed by atoms with Crippen LogP contribution in [0.1, 0.15) is 45.4 Å². The Bertz CT molecular complexity index is 614. The maximum absolute atomic E-state index is 12.2. The lowest BCUT2D eigenvalue weighted by Crippen LogP contribution is -2.39. The predicted octanol–water partition coefficient (Wildman–Crippen LogP) is 3.14. The van der Waals surface area contributed by atoms with Crippen LogP contribution in [0, 0.1) is 0 Å². The zero-order valence-electron chi connectivity index (χ0n) is 14.8. The van der Waals surface area contributed by atoms with Crippen LogP contribution >= 0.6 is 0 Å². The molecule has 6 heteroatoms. The summed E-state index contributed by atoms with van der Waals surface area (Å²) in [5, 5.41) is 5.72. The van der Waals surface area contributed by atoms with Crippen molar-refractivity contribution in [3.63, 3.8) is 0 Å². The maximum Gasteiger partial charge on any atom is 0.319 e. The van der Waals surface area contributed by atoms with Crippen molar-refractivity contribution in [1.29, 1.82) is 0 Å². The fraction of sp³-hybridized carbons (Fsp3) is 0.579. The molecule has 1 aromatic carbocycles. The Morgan fingerprint density at radius 1 is 1.32 bits per heavy atom. The Morgan fingerprint density at radius 2 is 2.12 bits per heavy atom. The minimum absolute atomic E-state index is 0.110. The highest BCUT2D eigenvalue weighted by Crippen LogP contribution is 2.25. The first-order valence-electron chi connectivity index (χ1n) is 9.26. The summed E-state index contributed by atoms with van der Waals surface area (Å²) >= 11 is 0. The number of rotatable bonds is 6. The van der Waals surface area contributed by atoms with Gasteiger partial charge >= 0.3 is 6.03 Å². The van der Waals surface area contributed by atoms with Crippen LogP contribution in [0.4, 0.5) is 10.5 Å². The quantitative estimate of drug-likeness (QED) is 0.832. The lowest BCUT2D eigenvalue weighted by atomic mass is 10.2. The fourth-order valence-electron chi connectivity index (χ4n) is 3.55. The first-order chi connectivity index (χ1) is 12.1. The first-order valence-corrected chi connectivity index (χ1v) is 9.26. The number of anilines is 1. The van der Waals surface area contributed by atoms with Crippen LogP contribution < -0.4 is 15.4 Å². The number of urea groups is 1. The third-order valence-corrected chi connectivity index (χ3v) is 4.74. The van der Waals surface area contributed by atoms with Crippen LogP contribution in [0.3, 0.4) is 0 Å². The number of likely N-dealkylation sites (tertiary alicyclic amines) is 1. The molecular weight excluding hydrogens is 318 g/mol. The van der Waals surface area contributed by atoms with Gasteiger partial charge in [-0.25, -0.2) is 4.79 Å². The van der Waals surface area contributed by atoms with E-state index in [2.05, 4.69) is 10.6 Å². The van der Waals surface area contributed by atoms with Crippen molar-refractivity contribution in [1.82, 2.24) is 10.2 Å². The van der Waals surface area contributed by atoms with E-state index in [1.54, 1.807) is 4.90 Å². The number of amides is 3. The SMILES string of the molecule is CCCN1C[C@@H](NC(=O)Nc2cccc(OC3CCCC3)c2)CC1=O. The third-order valence-electron chi connectivity index (χ3n) is 4.74. The van der Waals surface area contributed by atoms with Gasteiger partial charge in [0.25, 0.3) is 0 Å². The highest BCUT2D eigenvalue weighted by Gasteiger charge is 2.29. The number of hydrogen-bond donors (Lipinski definition) is 2. The van der Waals surface area contributed by atoms with Crippen LogP contribution in [0.2, 0.25) is 0 Å². The molecule has 0 unspecified atom stereocenters. The number of nitrogens with one attached hydrogen (secondary N) is 2. The van der Waals surface area contributed by atoms with E-state index in [0.29, 0.717) is 18.7 Å². The molecule has 1 saturated heterocycles. The average Bonchev–Trinajstić information content (AvgIpc) is 3.18. The van der Waals surface area contributed by atoms with E-state index in [0.717, 1.165) is 31.6 Å². The third kappa shape index (κ3) is 4.87. The summed E-state index contributed by atoms with van der Waals surface area (Å²) in [6.45, 7) is 3.38. The lowest BCUT2D eigenvalue weighted by Gasteiger charge is -2.17. The summed E-state index contributed by atoms with van der Waals surface area (Å²) in [5.41, 5.74) is 0.697. The van der Waals surface area contributed by atoms with Gasteiger partial charge in [0.1, 0.15) is 5.75 Å². The molecule has 2 N–H and O–H groups in total. The van der Waals surface area contributed by atoms with E-state index < -0.39 is 0 Å². The number of carbonyl (C=O) groups excluding carboxylic acids is 2. The Hall–Kier alpha value is -2.24. The predicted molar refractivity (Wildman–Crippen MR) is 96.8 cm³/mol.